The van der Waals surface area contributed by atoms with Crippen LogP contribution in [-0.4, -0.2) is 32.0 Å². The van der Waals surface area contributed by atoms with Crippen molar-refractivity contribution >= 4 is 16.1 Å². The van der Waals surface area contributed by atoms with E-state index in [1.54, 1.807) is 18.3 Å². The Morgan fingerprint density at radius 3 is 2.29 bits per heavy atom. The molecule has 0 amide bonds. The summed E-state index contributed by atoms with van der Waals surface area (Å²) in [7, 11) is -3.15. The van der Waals surface area contributed by atoms with Crippen LogP contribution < -0.4 is 0 Å². The third-order valence-corrected chi connectivity index (χ3v) is 4.95. The first-order chi connectivity index (χ1) is 11.4. The van der Waals surface area contributed by atoms with Gasteiger partial charge in [0, 0.05) is 18.5 Å². The molecule has 1 N–H and O–H groups in total. The Labute approximate surface area is 143 Å². The first kappa shape index (κ1) is 18.4. The van der Waals surface area contributed by atoms with Gasteiger partial charge in [0.1, 0.15) is 6.10 Å². The van der Waals surface area contributed by atoms with Gasteiger partial charge < -0.3 is 5.11 Å². The number of aliphatic hydroxyl groups excluding tert-OH is 1. The van der Waals surface area contributed by atoms with Crippen LogP contribution in [0.1, 0.15) is 30.6 Å². The quantitative estimate of drug-likeness (QED) is 0.784. The lowest BCUT2D eigenvalue weighted by molar-refractivity contribution is 0.252. The SMILES string of the molecule is CC(CCc1ccc(S(C)(=O)=O)cc1)/N=C/C(O)c1ccccc1. The van der Waals surface area contributed by atoms with Gasteiger partial charge in [-0.3, -0.25) is 4.99 Å². The average molecular weight is 345 g/mol. The summed E-state index contributed by atoms with van der Waals surface area (Å²) in [5.41, 5.74) is 1.90. The minimum absolute atomic E-state index is 0.0814. The fourth-order valence-electron chi connectivity index (χ4n) is 2.32. The zero-order valence-corrected chi connectivity index (χ0v) is 14.8. The van der Waals surface area contributed by atoms with Gasteiger partial charge in [0.25, 0.3) is 0 Å². The Kier molecular flexibility index (Phi) is 6.29. The third-order valence-electron chi connectivity index (χ3n) is 3.83. The summed E-state index contributed by atoms with van der Waals surface area (Å²) in [4.78, 5) is 4.74. The maximum atomic E-state index is 11.4. The van der Waals surface area contributed by atoms with Gasteiger partial charge in [0.05, 0.1) is 4.90 Å². The van der Waals surface area contributed by atoms with Crippen molar-refractivity contribution in [2.24, 2.45) is 4.99 Å². The second-order valence-corrected chi connectivity index (χ2v) is 7.97. The van der Waals surface area contributed by atoms with Crippen molar-refractivity contribution in [3.05, 3.63) is 65.7 Å². The number of sulfone groups is 1. The molecule has 2 atom stereocenters. The molecular formula is C19H23NO3S. The molecule has 24 heavy (non-hydrogen) atoms. The highest BCUT2D eigenvalue weighted by Crippen LogP contribution is 2.14. The minimum Gasteiger partial charge on any atom is -0.383 e. The number of nitrogens with zero attached hydrogens (tertiary/aromatic N) is 1. The van der Waals surface area contributed by atoms with Crippen LogP contribution in [-0.2, 0) is 16.3 Å². The maximum Gasteiger partial charge on any atom is 0.175 e. The maximum absolute atomic E-state index is 11.4. The van der Waals surface area contributed by atoms with Crippen molar-refractivity contribution < 1.29 is 13.5 Å². The Bertz CT molecular complexity index is 768. The predicted octanol–water partition coefficient (Wildman–Crippen LogP) is 3.22. The molecule has 0 aliphatic rings. The molecule has 0 aliphatic carbocycles. The highest BCUT2D eigenvalue weighted by Gasteiger charge is 2.07. The highest BCUT2D eigenvalue weighted by molar-refractivity contribution is 7.90. The summed E-state index contributed by atoms with van der Waals surface area (Å²) < 4.78 is 22.9. The number of hydrogen-bond acceptors (Lipinski definition) is 4. The minimum atomic E-state index is -3.15. The monoisotopic (exact) mass is 345 g/mol. The molecule has 0 heterocycles. The largest absolute Gasteiger partial charge is 0.383 e. The summed E-state index contributed by atoms with van der Waals surface area (Å²) in [5.74, 6) is 0. The third kappa shape index (κ3) is 5.58. The normalized spacial score (nSPS) is 14.6. The van der Waals surface area contributed by atoms with Gasteiger partial charge in [0.15, 0.2) is 9.84 Å². The van der Waals surface area contributed by atoms with Gasteiger partial charge in [-0.25, -0.2) is 8.42 Å². The van der Waals surface area contributed by atoms with Gasteiger partial charge >= 0.3 is 0 Å². The van der Waals surface area contributed by atoms with Gasteiger partial charge in [-0.05, 0) is 43.0 Å². The first-order valence-corrected chi connectivity index (χ1v) is 9.80. The Morgan fingerprint density at radius 2 is 1.71 bits per heavy atom. The van der Waals surface area contributed by atoms with E-state index in [4.69, 9.17) is 0 Å². The number of rotatable bonds is 7. The molecule has 0 fully saturated rings. The fourth-order valence-corrected chi connectivity index (χ4v) is 2.95. The topological polar surface area (TPSA) is 66.7 Å². The van der Waals surface area contributed by atoms with E-state index in [-0.39, 0.29) is 6.04 Å². The summed E-state index contributed by atoms with van der Waals surface area (Å²) in [6.07, 6.45) is 3.73. The van der Waals surface area contributed by atoms with E-state index in [1.807, 2.05) is 49.4 Å². The van der Waals surface area contributed by atoms with Crippen LogP contribution in [0.25, 0.3) is 0 Å². The van der Waals surface area contributed by atoms with Crippen LogP contribution in [0.2, 0.25) is 0 Å². The standard InChI is InChI=1S/C19H23NO3S/c1-15(20-14-19(21)17-6-4-3-5-7-17)8-9-16-10-12-18(13-11-16)24(2,22)23/h3-7,10-15,19,21H,8-9H2,1-2H3/b20-14+. The molecular weight excluding hydrogens is 322 g/mol. The molecule has 0 spiro atoms. The van der Waals surface area contributed by atoms with Crippen LogP contribution in [0.15, 0.2) is 64.5 Å². The van der Waals surface area contributed by atoms with E-state index in [9.17, 15) is 13.5 Å². The van der Waals surface area contributed by atoms with Gasteiger partial charge in [-0.2, -0.15) is 0 Å². The highest BCUT2D eigenvalue weighted by atomic mass is 32.2. The van der Waals surface area contributed by atoms with Crippen LogP contribution in [0.5, 0.6) is 0 Å². The zero-order chi connectivity index (χ0) is 17.6. The lowest BCUT2D eigenvalue weighted by Gasteiger charge is -2.09. The molecule has 0 bridgehead atoms. The summed E-state index contributed by atoms with van der Waals surface area (Å²) in [6.45, 7) is 2.00. The van der Waals surface area contributed by atoms with Crippen LogP contribution in [0.4, 0.5) is 0 Å². The molecule has 128 valence electrons. The second-order valence-electron chi connectivity index (χ2n) is 5.96. The van der Waals surface area contributed by atoms with E-state index in [2.05, 4.69) is 4.99 Å². The first-order valence-electron chi connectivity index (χ1n) is 7.91. The Hall–Kier alpha value is -1.98. The number of aliphatic imine (C=N–C) groups is 1. The second kappa shape index (κ2) is 8.22. The molecule has 2 unspecified atom stereocenters. The van der Waals surface area contributed by atoms with E-state index < -0.39 is 15.9 Å². The smallest absolute Gasteiger partial charge is 0.175 e. The van der Waals surface area contributed by atoms with E-state index in [0.29, 0.717) is 4.90 Å². The predicted molar refractivity (Wildman–Crippen MR) is 97.2 cm³/mol. The average Bonchev–Trinajstić information content (AvgIpc) is 2.58. The van der Waals surface area contributed by atoms with E-state index in [1.165, 1.54) is 6.26 Å². The van der Waals surface area contributed by atoms with Crippen molar-refractivity contribution in [1.29, 1.82) is 0 Å². The molecule has 4 nitrogen and oxygen atoms in total. The summed E-state index contributed by atoms with van der Waals surface area (Å²) in [6, 6.07) is 16.4. The molecule has 0 saturated heterocycles. The number of aliphatic hydroxyl groups is 1. The molecule has 0 aromatic heterocycles. The van der Waals surface area contributed by atoms with Crippen molar-refractivity contribution in [3.63, 3.8) is 0 Å². The van der Waals surface area contributed by atoms with Crippen molar-refractivity contribution in [2.75, 3.05) is 6.26 Å². The Morgan fingerprint density at radius 1 is 1.08 bits per heavy atom. The molecule has 0 aliphatic heterocycles. The van der Waals surface area contributed by atoms with Crippen LogP contribution in [0, 0.1) is 0 Å². The number of hydrogen-bond donors (Lipinski definition) is 1. The number of aryl methyl sites for hydroxylation is 1. The summed E-state index contributed by atoms with van der Waals surface area (Å²) >= 11 is 0. The van der Waals surface area contributed by atoms with Crippen molar-refractivity contribution in [2.45, 2.75) is 36.8 Å². The van der Waals surface area contributed by atoms with Crippen molar-refractivity contribution in [1.82, 2.24) is 0 Å². The van der Waals surface area contributed by atoms with Crippen molar-refractivity contribution in [3.8, 4) is 0 Å². The number of benzene rings is 2. The molecule has 0 saturated carbocycles. The van der Waals surface area contributed by atoms with E-state index >= 15 is 0 Å². The summed E-state index contributed by atoms with van der Waals surface area (Å²) in [5, 5.41) is 10.1. The molecule has 2 rings (SSSR count). The van der Waals surface area contributed by atoms with E-state index in [0.717, 1.165) is 24.0 Å². The fraction of sp³-hybridized carbons (Fsp3) is 0.316. The van der Waals surface area contributed by atoms with Crippen LogP contribution in [0.3, 0.4) is 0 Å². The van der Waals surface area contributed by atoms with Crippen LogP contribution >= 0.6 is 0 Å². The Balaban J connectivity index is 1.87. The lowest BCUT2D eigenvalue weighted by atomic mass is 10.1. The molecule has 5 heteroatoms. The zero-order valence-electron chi connectivity index (χ0n) is 14.0. The lowest BCUT2D eigenvalue weighted by Crippen LogP contribution is -2.05. The molecule has 0 radical (unpaired) electrons. The van der Waals surface area contributed by atoms with Gasteiger partial charge in [-0.1, -0.05) is 42.5 Å². The van der Waals surface area contributed by atoms with Gasteiger partial charge in [0.2, 0.25) is 0 Å². The molecule has 2 aromatic rings. The van der Waals surface area contributed by atoms with Gasteiger partial charge in [-0.15, -0.1) is 0 Å². The molecule has 2 aromatic carbocycles.